The molecule has 45 heavy (non-hydrogen) atoms. The molecule has 1 N–H and O–H groups in total. The minimum Gasteiger partial charge on any atom is -0.406 e. The van der Waals surface area contributed by atoms with Gasteiger partial charge in [0.25, 0.3) is 0 Å². The summed E-state index contributed by atoms with van der Waals surface area (Å²) in [7, 11) is 0. The zero-order valence-electron chi connectivity index (χ0n) is 25.0. The minimum absolute atomic E-state index is 0.111. The summed E-state index contributed by atoms with van der Waals surface area (Å²) in [5, 5.41) is 7.69. The van der Waals surface area contributed by atoms with Crippen LogP contribution >= 0.6 is 11.8 Å². The molecule has 0 unspecified atom stereocenters. The molecule has 1 atom stereocenters. The normalized spacial score (nSPS) is 15.2. The molecular formula is C32H31F3N6O3S. The van der Waals surface area contributed by atoms with Gasteiger partial charge in [-0.05, 0) is 73.2 Å². The number of benzene rings is 3. The number of alkyl halides is 3. The van der Waals surface area contributed by atoms with Crippen LogP contribution in [0.5, 0.6) is 5.75 Å². The number of rotatable bonds is 8. The zero-order chi connectivity index (χ0) is 32.3. The van der Waals surface area contributed by atoms with Gasteiger partial charge in [0.05, 0.1) is 17.1 Å². The van der Waals surface area contributed by atoms with E-state index in [1.807, 2.05) is 56.3 Å². The number of ether oxygens (including phenoxy) is 1. The molecule has 5 rings (SSSR count). The van der Waals surface area contributed by atoms with Crippen LogP contribution in [-0.2, 0) is 11.2 Å². The molecule has 3 aromatic carbocycles. The summed E-state index contributed by atoms with van der Waals surface area (Å²) < 4.78 is 42.6. The molecule has 0 saturated carbocycles. The van der Waals surface area contributed by atoms with Gasteiger partial charge in [-0.2, -0.15) is 4.99 Å². The number of anilines is 1. The van der Waals surface area contributed by atoms with Crippen molar-refractivity contribution in [3.8, 4) is 22.8 Å². The summed E-state index contributed by atoms with van der Waals surface area (Å²) in [6, 6.07) is 18.1. The number of amides is 3. The average Bonchev–Trinajstić information content (AvgIpc) is 3.60. The summed E-state index contributed by atoms with van der Waals surface area (Å²) in [6.07, 6.45) is -2.75. The van der Waals surface area contributed by atoms with Crippen LogP contribution in [0.25, 0.3) is 17.1 Å². The Labute approximate surface area is 262 Å². The van der Waals surface area contributed by atoms with Crippen LogP contribution in [0.15, 0.2) is 78.0 Å². The molecule has 0 radical (unpaired) electrons. The first-order valence-electron chi connectivity index (χ1n) is 14.2. The molecule has 1 aromatic heterocycles. The second-order valence-electron chi connectivity index (χ2n) is 10.9. The van der Waals surface area contributed by atoms with Crippen LogP contribution in [0.2, 0.25) is 0 Å². The summed E-state index contributed by atoms with van der Waals surface area (Å²) in [6.45, 7) is 7.96. The topological polar surface area (TPSA) is 102 Å². The highest BCUT2D eigenvalue weighted by molar-refractivity contribution is 8.15. The van der Waals surface area contributed by atoms with Gasteiger partial charge in [-0.1, -0.05) is 62.0 Å². The smallest absolute Gasteiger partial charge is 0.406 e. The largest absolute Gasteiger partial charge is 0.573 e. The lowest BCUT2D eigenvalue weighted by Gasteiger charge is -2.22. The first kappa shape index (κ1) is 31.8. The van der Waals surface area contributed by atoms with E-state index in [0.29, 0.717) is 23.1 Å². The number of aryl methyl sites for hydroxylation is 1. The Kier molecular flexibility index (Phi) is 9.28. The molecule has 13 heteroatoms. The predicted molar refractivity (Wildman–Crippen MR) is 168 cm³/mol. The fourth-order valence-corrected chi connectivity index (χ4v) is 5.72. The monoisotopic (exact) mass is 636 g/mol. The first-order valence-corrected chi connectivity index (χ1v) is 15.2. The van der Waals surface area contributed by atoms with Crippen molar-refractivity contribution in [1.82, 2.24) is 20.1 Å². The van der Waals surface area contributed by atoms with Crippen molar-refractivity contribution in [3.05, 3.63) is 89.7 Å². The molecule has 1 aliphatic rings. The van der Waals surface area contributed by atoms with Crippen LogP contribution in [0.1, 0.15) is 43.4 Å². The van der Waals surface area contributed by atoms with Gasteiger partial charge in [0.15, 0.2) is 11.0 Å². The highest BCUT2D eigenvalue weighted by Gasteiger charge is 2.33. The minimum atomic E-state index is -4.76. The molecule has 234 valence electrons. The highest BCUT2D eigenvalue weighted by Crippen LogP contribution is 2.34. The third-order valence-electron chi connectivity index (χ3n) is 6.96. The molecule has 2 heterocycles. The Morgan fingerprint density at radius 3 is 2.44 bits per heavy atom. The lowest BCUT2D eigenvalue weighted by molar-refractivity contribution is -0.274. The third kappa shape index (κ3) is 7.90. The maximum Gasteiger partial charge on any atom is 0.573 e. The zero-order valence-corrected chi connectivity index (χ0v) is 25.8. The van der Waals surface area contributed by atoms with E-state index in [0.717, 1.165) is 27.9 Å². The lowest BCUT2D eigenvalue weighted by Crippen LogP contribution is -2.35. The number of aromatic nitrogens is 3. The second kappa shape index (κ2) is 13.1. The SMILES string of the molecule is Cc1ccc(C(C)C)c(N2C(=O)CS/C2=N\C(=O)N[C@H](C)Cc2ccc(-c3ncn(-c4ccc(OC(F)(F)F)cc4)n3)cc2)c1. The van der Waals surface area contributed by atoms with Crippen LogP contribution in [-0.4, -0.2) is 50.0 Å². The fraction of sp³-hybridized carbons (Fsp3) is 0.281. The molecule has 1 fully saturated rings. The molecule has 3 amide bonds. The Balaban J connectivity index is 1.20. The number of halogens is 3. The van der Waals surface area contributed by atoms with Gasteiger partial charge in [0.2, 0.25) is 5.91 Å². The van der Waals surface area contributed by atoms with Gasteiger partial charge < -0.3 is 10.1 Å². The molecule has 9 nitrogen and oxygen atoms in total. The van der Waals surface area contributed by atoms with Crippen molar-refractivity contribution in [2.45, 2.75) is 52.4 Å². The maximum absolute atomic E-state index is 12.9. The molecule has 0 spiro atoms. The predicted octanol–water partition coefficient (Wildman–Crippen LogP) is 7.04. The van der Waals surface area contributed by atoms with E-state index in [9.17, 15) is 22.8 Å². The number of thioether (sulfide) groups is 1. The molecule has 1 aliphatic heterocycles. The van der Waals surface area contributed by atoms with Crippen molar-refractivity contribution in [2.75, 3.05) is 10.7 Å². The second-order valence-corrected chi connectivity index (χ2v) is 11.9. The molecular weight excluding hydrogens is 605 g/mol. The van der Waals surface area contributed by atoms with E-state index in [2.05, 4.69) is 39.0 Å². The highest BCUT2D eigenvalue weighted by atomic mass is 32.2. The average molecular weight is 637 g/mol. The van der Waals surface area contributed by atoms with Gasteiger partial charge in [0.1, 0.15) is 12.1 Å². The van der Waals surface area contributed by atoms with E-state index in [1.165, 1.54) is 47.0 Å². The van der Waals surface area contributed by atoms with Crippen LogP contribution < -0.4 is 15.0 Å². The molecule has 1 saturated heterocycles. The van der Waals surface area contributed by atoms with E-state index in [-0.39, 0.29) is 29.4 Å². The fourth-order valence-electron chi connectivity index (χ4n) is 4.86. The van der Waals surface area contributed by atoms with Gasteiger partial charge in [0, 0.05) is 11.6 Å². The van der Waals surface area contributed by atoms with Gasteiger partial charge in [-0.3, -0.25) is 9.69 Å². The number of amidine groups is 1. The number of carbonyl (C=O) groups is 2. The van der Waals surface area contributed by atoms with E-state index in [4.69, 9.17) is 0 Å². The summed E-state index contributed by atoms with van der Waals surface area (Å²) in [5.74, 6) is 0.415. The number of aliphatic imine (C=N–C) groups is 1. The number of nitrogens with zero attached hydrogens (tertiary/aromatic N) is 5. The summed E-state index contributed by atoms with van der Waals surface area (Å²) >= 11 is 1.25. The summed E-state index contributed by atoms with van der Waals surface area (Å²) in [4.78, 5) is 35.8. The molecule has 0 bridgehead atoms. The Morgan fingerprint density at radius 1 is 1.07 bits per heavy atom. The van der Waals surface area contributed by atoms with Crippen molar-refractivity contribution in [2.24, 2.45) is 4.99 Å². The Bertz CT molecular complexity index is 1720. The Morgan fingerprint density at radius 2 is 1.78 bits per heavy atom. The maximum atomic E-state index is 12.9. The lowest BCUT2D eigenvalue weighted by atomic mass is 9.99. The standard InChI is InChI=1S/C32H31F3N6O3S/c1-19(2)26-14-5-20(3)15-27(26)41-28(42)17-45-31(41)38-30(43)37-21(4)16-22-6-8-23(9-7-22)29-36-18-40(39-29)24-10-12-25(13-11-24)44-32(33,34)35/h5-15,18-19,21H,16-17H2,1-4H3,(H,37,43)/b38-31-/t21-/m1/s1. The van der Waals surface area contributed by atoms with Crippen molar-refractivity contribution in [1.29, 1.82) is 0 Å². The number of carbonyl (C=O) groups excluding carboxylic acids is 2. The van der Waals surface area contributed by atoms with E-state index < -0.39 is 12.4 Å². The van der Waals surface area contributed by atoms with Crippen molar-refractivity contribution >= 4 is 34.6 Å². The van der Waals surface area contributed by atoms with Gasteiger partial charge >= 0.3 is 12.4 Å². The third-order valence-corrected chi connectivity index (χ3v) is 7.89. The quantitative estimate of drug-likeness (QED) is 0.223. The van der Waals surface area contributed by atoms with Crippen molar-refractivity contribution < 1.29 is 27.5 Å². The number of urea groups is 1. The van der Waals surface area contributed by atoms with E-state index in [1.54, 1.807) is 4.90 Å². The van der Waals surface area contributed by atoms with Crippen LogP contribution in [0.3, 0.4) is 0 Å². The Hall–Kier alpha value is -4.65. The van der Waals surface area contributed by atoms with Crippen LogP contribution in [0.4, 0.5) is 23.7 Å². The van der Waals surface area contributed by atoms with Crippen molar-refractivity contribution in [3.63, 3.8) is 0 Å². The van der Waals surface area contributed by atoms with Crippen LogP contribution in [0, 0.1) is 6.92 Å². The van der Waals surface area contributed by atoms with Gasteiger partial charge in [-0.25, -0.2) is 14.5 Å². The number of hydrogen-bond donors (Lipinski definition) is 1. The van der Waals surface area contributed by atoms with E-state index >= 15 is 0 Å². The molecule has 4 aromatic rings. The van der Waals surface area contributed by atoms with Gasteiger partial charge in [-0.15, -0.1) is 18.3 Å². The number of nitrogens with one attached hydrogen (secondary N) is 1. The molecule has 0 aliphatic carbocycles. The first-order chi connectivity index (χ1) is 21.4. The summed E-state index contributed by atoms with van der Waals surface area (Å²) in [5.41, 5.74) is 5.02. The number of hydrogen-bond acceptors (Lipinski definition) is 6.